The van der Waals surface area contributed by atoms with E-state index in [1.807, 2.05) is 13.1 Å². The molecular formula is C10H9F3N3O. The van der Waals surface area contributed by atoms with Gasteiger partial charge in [0.1, 0.15) is 6.20 Å². The van der Waals surface area contributed by atoms with Crippen molar-refractivity contribution in [1.82, 2.24) is 14.6 Å². The Morgan fingerprint density at radius 2 is 2.18 bits per heavy atom. The molecule has 0 spiro atoms. The van der Waals surface area contributed by atoms with Crippen molar-refractivity contribution in [3.05, 3.63) is 24.0 Å². The van der Waals surface area contributed by atoms with E-state index >= 15 is 0 Å². The highest BCUT2D eigenvalue weighted by Gasteiger charge is 2.34. The average Bonchev–Trinajstić information content (AvgIpc) is 2.68. The van der Waals surface area contributed by atoms with Crippen molar-refractivity contribution >= 4 is 5.65 Å². The monoisotopic (exact) mass is 244 g/mol. The van der Waals surface area contributed by atoms with Gasteiger partial charge in [0, 0.05) is 6.07 Å². The molecule has 2 aromatic heterocycles. The minimum atomic E-state index is -4.52. The summed E-state index contributed by atoms with van der Waals surface area (Å²) in [5.74, 6) is 0.252. The van der Waals surface area contributed by atoms with Gasteiger partial charge in [-0.25, -0.2) is 9.50 Å². The van der Waals surface area contributed by atoms with Gasteiger partial charge < -0.3 is 4.74 Å². The molecule has 0 saturated carbocycles. The van der Waals surface area contributed by atoms with Crippen molar-refractivity contribution in [3.8, 4) is 5.88 Å². The van der Waals surface area contributed by atoms with Crippen LogP contribution >= 0.6 is 0 Å². The molecule has 91 valence electrons. The van der Waals surface area contributed by atoms with Crippen LogP contribution in [-0.4, -0.2) is 21.2 Å². The molecule has 2 heterocycles. The number of aromatic nitrogens is 3. The first-order valence-corrected chi connectivity index (χ1v) is 5.00. The van der Waals surface area contributed by atoms with Crippen molar-refractivity contribution in [2.45, 2.75) is 19.5 Å². The largest absolute Gasteiger partial charge is 0.477 e. The third-order valence-corrected chi connectivity index (χ3v) is 1.95. The summed E-state index contributed by atoms with van der Waals surface area (Å²) in [5, 5.41) is 3.82. The quantitative estimate of drug-likeness (QED) is 0.831. The number of hydrogen-bond acceptors (Lipinski definition) is 3. The van der Waals surface area contributed by atoms with E-state index in [-0.39, 0.29) is 11.5 Å². The van der Waals surface area contributed by atoms with E-state index in [4.69, 9.17) is 4.74 Å². The zero-order valence-electron chi connectivity index (χ0n) is 8.95. The fraction of sp³-hybridized carbons (Fsp3) is 0.400. The molecule has 0 aromatic carbocycles. The Bertz CT molecular complexity index is 521. The lowest BCUT2D eigenvalue weighted by Gasteiger charge is -2.02. The highest BCUT2D eigenvalue weighted by Crippen LogP contribution is 2.27. The number of alkyl halides is 3. The van der Waals surface area contributed by atoms with Gasteiger partial charge in [-0.2, -0.15) is 13.2 Å². The Morgan fingerprint density at radius 1 is 1.41 bits per heavy atom. The van der Waals surface area contributed by atoms with Gasteiger partial charge in [-0.3, -0.25) is 0 Å². The second-order valence-corrected chi connectivity index (χ2v) is 3.36. The maximum atomic E-state index is 12.4. The first-order chi connectivity index (χ1) is 8.00. The summed E-state index contributed by atoms with van der Waals surface area (Å²) in [6.07, 6.45) is -1.68. The van der Waals surface area contributed by atoms with Crippen molar-refractivity contribution in [3.63, 3.8) is 0 Å². The zero-order chi connectivity index (χ0) is 12.5. The molecule has 0 unspecified atom stereocenters. The zero-order valence-corrected chi connectivity index (χ0v) is 8.95. The highest BCUT2D eigenvalue weighted by molar-refractivity contribution is 5.39. The third kappa shape index (κ3) is 2.48. The van der Waals surface area contributed by atoms with Crippen LogP contribution in [0.2, 0.25) is 0 Å². The van der Waals surface area contributed by atoms with Crippen LogP contribution in [0.4, 0.5) is 13.2 Å². The number of hydrogen-bond donors (Lipinski definition) is 0. The first kappa shape index (κ1) is 11.7. The van der Waals surface area contributed by atoms with Gasteiger partial charge in [-0.1, -0.05) is 6.92 Å². The Morgan fingerprint density at radius 3 is 2.82 bits per heavy atom. The van der Waals surface area contributed by atoms with E-state index in [1.54, 1.807) is 0 Å². The summed E-state index contributed by atoms with van der Waals surface area (Å²) in [5.41, 5.74) is -1.00. The fourth-order valence-corrected chi connectivity index (χ4v) is 1.22. The third-order valence-electron chi connectivity index (χ3n) is 1.95. The molecule has 0 atom stereocenters. The Balaban J connectivity index is 2.34. The molecule has 0 bridgehead atoms. The smallest absolute Gasteiger partial charge is 0.435 e. The van der Waals surface area contributed by atoms with E-state index < -0.39 is 11.9 Å². The van der Waals surface area contributed by atoms with E-state index in [0.717, 1.165) is 10.9 Å². The van der Waals surface area contributed by atoms with Crippen molar-refractivity contribution in [1.29, 1.82) is 0 Å². The molecule has 0 amide bonds. The molecule has 2 aromatic rings. The van der Waals surface area contributed by atoms with Crippen molar-refractivity contribution in [2.24, 2.45) is 0 Å². The normalized spacial score (nSPS) is 12.0. The van der Waals surface area contributed by atoms with Gasteiger partial charge in [-0.05, 0) is 12.5 Å². The van der Waals surface area contributed by atoms with Gasteiger partial charge >= 0.3 is 6.18 Å². The number of imidazole rings is 1. The summed E-state index contributed by atoms with van der Waals surface area (Å²) in [6, 6.07) is 2.88. The lowest BCUT2D eigenvalue weighted by atomic mass is 10.5. The van der Waals surface area contributed by atoms with E-state index in [1.165, 1.54) is 12.1 Å². The Labute approximate surface area is 95.0 Å². The van der Waals surface area contributed by atoms with Crippen LogP contribution < -0.4 is 4.74 Å². The van der Waals surface area contributed by atoms with Crippen molar-refractivity contribution < 1.29 is 17.9 Å². The minimum Gasteiger partial charge on any atom is -0.477 e. The lowest BCUT2D eigenvalue weighted by Crippen LogP contribution is -2.05. The number of rotatable bonds is 3. The van der Waals surface area contributed by atoms with Gasteiger partial charge in [0.05, 0.1) is 6.61 Å². The fourth-order valence-electron chi connectivity index (χ4n) is 1.22. The SMILES string of the molecule is CCCOc1ccc2nc(C(F)(F)F)[c]n2n1. The van der Waals surface area contributed by atoms with Gasteiger partial charge in [0.15, 0.2) is 11.3 Å². The molecular weight excluding hydrogens is 235 g/mol. The van der Waals surface area contributed by atoms with Gasteiger partial charge in [0.2, 0.25) is 5.88 Å². The van der Waals surface area contributed by atoms with E-state index in [2.05, 4.69) is 10.1 Å². The molecule has 0 aliphatic heterocycles. The molecule has 7 heteroatoms. The maximum absolute atomic E-state index is 12.4. The second kappa shape index (κ2) is 4.23. The first-order valence-electron chi connectivity index (χ1n) is 5.00. The van der Waals surface area contributed by atoms with Crippen LogP contribution in [0.1, 0.15) is 19.0 Å². The predicted octanol–water partition coefficient (Wildman–Crippen LogP) is 2.34. The average molecular weight is 244 g/mol. The summed E-state index contributed by atoms with van der Waals surface area (Å²) in [6.45, 7) is 2.38. The molecule has 17 heavy (non-hydrogen) atoms. The molecule has 1 radical (unpaired) electrons. The number of fused-ring (bicyclic) bond motifs is 1. The Kier molecular flexibility index (Phi) is 2.91. The van der Waals surface area contributed by atoms with Crippen LogP contribution in [0.3, 0.4) is 0 Å². The molecule has 0 N–H and O–H groups in total. The van der Waals surface area contributed by atoms with Crippen LogP contribution in [0, 0.1) is 6.20 Å². The summed E-state index contributed by atoms with van der Waals surface area (Å²) in [7, 11) is 0. The maximum Gasteiger partial charge on any atom is 0.435 e. The molecule has 0 fully saturated rings. The summed E-state index contributed by atoms with van der Waals surface area (Å²) >= 11 is 0. The summed E-state index contributed by atoms with van der Waals surface area (Å²) in [4.78, 5) is 3.37. The summed E-state index contributed by atoms with van der Waals surface area (Å²) < 4.78 is 43.2. The Hall–Kier alpha value is -1.79. The molecule has 0 aliphatic carbocycles. The highest BCUT2D eigenvalue weighted by atomic mass is 19.4. The predicted molar refractivity (Wildman–Crippen MR) is 52.6 cm³/mol. The van der Waals surface area contributed by atoms with E-state index in [9.17, 15) is 13.2 Å². The van der Waals surface area contributed by atoms with E-state index in [0.29, 0.717) is 6.61 Å². The number of ether oxygens (including phenoxy) is 1. The van der Waals surface area contributed by atoms with Crippen LogP contribution in [-0.2, 0) is 6.18 Å². The van der Waals surface area contributed by atoms with Crippen molar-refractivity contribution in [2.75, 3.05) is 6.61 Å². The number of halogens is 3. The molecule has 4 nitrogen and oxygen atoms in total. The van der Waals surface area contributed by atoms with Crippen LogP contribution in [0.5, 0.6) is 5.88 Å². The topological polar surface area (TPSA) is 39.4 Å². The van der Waals surface area contributed by atoms with Crippen LogP contribution in [0.25, 0.3) is 5.65 Å². The minimum absolute atomic E-state index is 0.0844. The molecule has 0 aliphatic rings. The molecule has 2 rings (SSSR count). The van der Waals surface area contributed by atoms with Gasteiger partial charge in [-0.15, -0.1) is 5.10 Å². The van der Waals surface area contributed by atoms with Gasteiger partial charge in [0.25, 0.3) is 0 Å². The second-order valence-electron chi connectivity index (χ2n) is 3.36. The van der Waals surface area contributed by atoms with Crippen LogP contribution in [0.15, 0.2) is 12.1 Å². The molecule has 0 saturated heterocycles. The standard InChI is InChI=1S/C10H9F3N3O/c1-2-5-17-9-4-3-8-14-7(10(11,12)13)6-16(8)15-9/h3-4H,2,5H2,1H3. The number of nitrogens with zero attached hydrogens (tertiary/aromatic N) is 3. The lowest BCUT2D eigenvalue weighted by molar-refractivity contribution is -0.141.